The number of nitrogens with one attached hydrogen (secondary N) is 3. The standard InChI is InChI=1S/C17H25BrN4OS/c1-19-17(22-12-15-7-3-10-24-15)21-9-4-8-20-16(23)13-5-2-6-14(18)11-13/h2,5-6,11,15H,3-4,7-10,12H2,1H3,(H,20,23)(H2,19,21,22). The van der Waals surface area contributed by atoms with E-state index >= 15 is 0 Å². The Bertz CT molecular complexity index is 561. The van der Waals surface area contributed by atoms with E-state index in [0.717, 1.165) is 29.9 Å². The highest BCUT2D eigenvalue weighted by Crippen LogP contribution is 2.25. The largest absolute Gasteiger partial charge is 0.356 e. The van der Waals surface area contributed by atoms with Crippen molar-refractivity contribution in [3.05, 3.63) is 34.3 Å². The molecule has 5 nitrogen and oxygen atoms in total. The maximum absolute atomic E-state index is 12.0. The first-order valence-corrected chi connectivity index (χ1v) is 10.1. The van der Waals surface area contributed by atoms with E-state index in [0.29, 0.717) is 17.4 Å². The Morgan fingerprint density at radius 3 is 2.88 bits per heavy atom. The Hall–Kier alpha value is -1.21. The summed E-state index contributed by atoms with van der Waals surface area (Å²) >= 11 is 5.41. The number of hydrogen-bond acceptors (Lipinski definition) is 3. The predicted molar refractivity (Wildman–Crippen MR) is 106 cm³/mol. The summed E-state index contributed by atoms with van der Waals surface area (Å²) in [4.78, 5) is 16.2. The summed E-state index contributed by atoms with van der Waals surface area (Å²) in [6, 6.07) is 7.40. The lowest BCUT2D eigenvalue weighted by Crippen LogP contribution is -2.41. The second-order valence-electron chi connectivity index (χ2n) is 5.63. The highest BCUT2D eigenvalue weighted by Gasteiger charge is 2.15. The number of halogens is 1. The average Bonchev–Trinajstić information content (AvgIpc) is 3.10. The highest BCUT2D eigenvalue weighted by atomic mass is 79.9. The average molecular weight is 413 g/mol. The van der Waals surface area contributed by atoms with Crippen LogP contribution in [0.15, 0.2) is 33.7 Å². The molecule has 0 radical (unpaired) electrons. The molecule has 1 aliphatic heterocycles. The monoisotopic (exact) mass is 412 g/mol. The van der Waals surface area contributed by atoms with E-state index in [-0.39, 0.29) is 5.91 Å². The van der Waals surface area contributed by atoms with Crippen LogP contribution in [0.3, 0.4) is 0 Å². The number of guanidine groups is 1. The number of aliphatic imine (C=N–C) groups is 1. The minimum Gasteiger partial charge on any atom is -0.356 e. The first-order chi connectivity index (χ1) is 11.7. The molecule has 1 unspecified atom stereocenters. The Labute approximate surface area is 156 Å². The number of rotatable bonds is 7. The molecule has 0 saturated carbocycles. The predicted octanol–water partition coefficient (Wildman–Crippen LogP) is 2.63. The van der Waals surface area contributed by atoms with Crippen LogP contribution in [-0.4, -0.2) is 49.6 Å². The number of carbonyl (C=O) groups excluding carboxylic acids is 1. The molecule has 1 heterocycles. The van der Waals surface area contributed by atoms with E-state index in [1.165, 1.54) is 18.6 Å². The molecular formula is C17H25BrN4OS. The Morgan fingerprint density at radius 1 is 1.33 bits per heavy atom. The van der Waals surface area contributed by atoms with E-state index < -0.39 is 0 Å². The van der Waals surface area contributed by atoms with Crippen LogP contribution in [0.1, 0.15) is 29.6 Å². The van der Waals surface area contributed by atoms with Crippen molar-refractivity contribution >= 4 is 39.6 Å². The molecule has 24 heavy (non-hydrogen) atoms. The molecule has 1 aromatic carbocycles. The van der Waals surface area contributed by atoms with Gasteiger partial charge in [-0.05, 0) is 43.2 Å². The second kappa shape index (κ2) is 10.6. The van der Waals surface area contributed by atoms with Gasteiger partial charge in [-0.1, -0.05) is 22.0 Å². The van der Waals surface area contributed by atoms with Gasteiger partial charge in [0.15, 0.2) is 5.96 Å². The van der Waals surface area contributed by atoms with Crippen molar-refractivity contribution in [2.24, 2.45) is 4.99 Å². The van der Waals surface area contributed by atoms with Gasteiger partial charge in [-0.3, -0.25) is 9.79 Å². The lowest BCUT2D eigenvalue weighted by Gasteiger charge is -2.14. The summed E-state index contributed by atoms with van der Waals surface area (Å²) < 4.78 is 0.909. The molecule has 0 bridgehead atoms. The van der Waals surface area contributed by atoms with Crippen molar-refractivity contribution in [2.75, 3.05) is 32.4 Å². The van der Waals surface area contributed by atoms with E-state index in [4.69, 9.17) is 0 Å². The fourth-order valence-corrected chi connectivity index (χ4v) is 4.07. The zero-order chi connectivity index (χ0) is 17.2. The molecule has 0 aromatic heterocycles. The van der Waals surface area contributed by atoms with Gasteiger partial charge in [-0.15, -0.1) is 0 Å². The van der Waals surface area contributed by atoms with Crippen LogP contribution in [0, 0.1) is 0 Å². The Kier molecular flexibility index (Phi) is 8.45. The van der Waals surface area contributed by atoms with Crippen LogP contribution in [0.5, 0.6) is 0 Å². The fraction of sp³-hybridized carbons (Fsp3) is 0.529. The topological polar surface area (TPSA) is 65.5 Å². The summed E-state index contributed by atoms with van der Waals surface area (Å²) in [5.41, 5.74) is 0.670. The van der Waals surface area contributed by atoms with Crippen LogP contribution in [0.25, 0.3) is 0 Å². The lowest BCUT2D eigenvalue weighted by atomic mass is 10.2. The van der Waals surface area contributed by atoms with Gasteiger partial charge in [0.2, 0.25) is 0 Å². The SMILES string of the molecule is CN=C(NCCCNC(=O)c1cccc(Br)c1)NCC1CCCS1. The summed E-state index contributed by atoms with van der Waals surface area (Å²) in [5, 5.41) is 10.3. The van der Waals surface area contributed by atoms with Crippen molar-refractivity contribution < 1.29 is 4.79 Å². The van der Waals surface area contributed by atoms with E-state index in [1.54, 1.807) is 7.05 Å². The number of carbonyl (C=O) groups is 1. The van der Waals surface area contributed by atoms with Crippen LogP contribution >= 0.6 is 27.7 Å². The van der Waals surface area contributed by atoms with Crippen molar-refractivity contribution in [3.8, 4) is 0 Å². The maximum atomic E-state index is 12.0. The van der Waals surface area contributed by atoms with Gasteiger partial charge in [-0.25, -0.2) is 0 Å². The molecule has 1 aliphatic rings. The first kappa shape index (κ1) is 19.1. The molecular weight excluding hydrogens is 388 g/mol. The summed E-state index contributed by atoms with van der Waals surface area (Å²) in [6.07, 6.45) is 3.45. The molecule has 3 N–H and O–H groups in total. The molecule has 1 saturated heterocycles. The smallest absolute Gasteiger partial charge is 0.251 e. The molecule has 1 aromatic rings. The van der Waals surface area contributed by atoms with Crippen LogP contribution in [0.4, 0.5) is 0 Å². The van der Waals surface area contributed by atoms with E-state index in [1.807, 2.05) is 36.0 Å². The van der Waals surface area contributed by atoms with Gasteiger partial charge in [-0.2, -0.15) is 11.8 Å². The normalized spacial score (nSPS) is 17.6. The minimum atomic E-state index is -0.0444. The molecule has 2 rings (SSSR count). The molecule has 1 fully saturated rings. The maximum Gasteiger partial charge on any atom is 0.251 e. The Morgan fingerprint density at radius 2 is 2.17 bits per heavy atom. The zero-order valence-corrected chi connectivity index (χ0v) is 16.4. The van der Waals surface area contributed by atoms with Gasteiger partial charge in [0.05, 0.1) is 0 Å². The van der Waals surface area contributed by atoms with Gasteiger partial charge in [0, 0.05) is 42.0 Å². The number of hydrogen-bond donors (Lipinski definition) is 3. The molecule has 0 spiro atoms. The van der Waals surface area contributed by atoms with Crippen molar-refractivity contribution in [3.63, 3.8) is 0 Å². The number of nitrogens with zero attached hydrogens (tertiary/aromatic N) is 1. The van der Waals surface area contributed by atoms with Crippen molar-refractivity contribution in [1.82, 2.24) is 16.0 Å². The minimum absolute atomic E-state index is 0.0444. The number of benzene rings is 1. The third kappa shape index (κ3) is 6.73. The fourth-order valence-electron chi connectivity index (χ4n) is 2.47. The van der Waals surface area contributed by atoms with Crippen LogP contribution in [0.2, 0.25) is 0 Å². The van der Waals surface area contributed by atoms with Crippen LogP contribution < -0.4 is 16.0 Å². The van der Waals surface area contributed by atoms with Gasteiger partial charge >= 0.3 is 0 Å². The second-order valence-corrected chi connectivity index (χ2v) is 7.96. The molecule has 1 amide bonds. The summed E-state index contributed by atoms with van der Waals surface area (Å²) in [6.45, 7) is 2.37. The van der Waals surface area contributed by atoms with Crippen molar-refractivity contribution in [2.45, 2.75) is 24.5 Å². The van der Waals surface area contributed by atoms with Gasteiger partial charge in [0.25, 0.3) is 5.91 Å². The van der Waals surface area contributed by atoms with Gasteiger partial charge in [0.1, 0.15) is 0 Å². The molecule has 7 heteroatoms. The number of thioether (sulfide) groups is 1. The molecule has 1 atom stereocenters. The van der Waals surface area contributed by atoms with E-state index in [2.05, 4.69) is 36.9 Å². The summed E-state index contributed by atoms with van der Waals surface area (Å²) in [7, 11) is 1.78. The highest BCUT2D eigenvalue weighted by molar-refractivity contribution is 9.10. The van der Waals surface area contributed by atoms with E-state index in [9.17, 15) is 4.79 Å². The third-order valence-electron chi connectivity index (χ3n) is 3.76. The molecule has 0 aliphatic carbocycles. The van der Waals surface area contributed by atoms with Crippen molar-refractivity contribution in [1.29, 1.82) is 0 Å². The van der Waals surface area contributed by atoms with Gasteiger partial charge < -0.3 is 16.0 Å². The zero-order valence-electron chi connectivity index (χ0n) is 14.0. The number of amides is 1. The quantitative estimate of drug-likeness (QED) is 0.365. The third-order valence-corrected chi connectivity index (χ3v) is 5.65. The van der Waals surface area contributed by atoms with Crippen LogP contribution in [-0.2, 0) is 0 Å². The lowest BCUT2D eigenvalue weighted by molar-refractivity contribution is 0.0953. The molecule has 132 valence electrons. The first-order valence-electron chi connectivity index (χ1n) is 8.29. The Balaban J connectivity index is 1.58. The summed E-state index contributed by atoms with van der Waals surface area (Å²) in [5.74, 6) is 2.06.